The maximum absolute atomic E-state index is 12.0. The number of carbonyl (C=O) groups is 2. The van der Waals surface area contributed by atoms with E-state index in [0.29, 0.717) is 29.5 Å². The highest BCUT2D eigenvalue weighted by Crippen LogP contribution is 2.31. The molecule has 6 nitrogen and oxygen atoms in total. The van der Waals surface area contributed by atoms with Crippen molar-refractivity contribution in [1.29, 1.82) is 0 Å². The molecule has 0 heterocycles. The summed E-state index contributed by atoms with van der Waals surface area (Å²) < 4.78 is 5.22. The van der Waals surface area contributed by atoms with Crippen molar-refractivity contribution in [3.63, 3.8) is 0 Å². The van der Waals surface area contributed by atoms with E-state index in [1.807, 2.05) is 6.92 Å². The van der Waals surface area contributed by atoms with Crippen LogP contribution in [0.25, 0.3) is 0 Å². The van der Waals surface area contributed by atoms with E-state index >= 15 is 0 Å². The molecule has 0 unspecified atom stereocenters. The van der Waals surface area contributed by atoms with Gasteiger partial charge in [0.2, 0.25) is 11.8 Å². The fourth-order valence-corrected chi connectivity index (χ4v) is 2.39. The average molecular weight is 354 g/mol. The molecule has 0 atom stereocenters. The number of carbonyl (C=O) groups excluding carboxylic acids is 2. The second kappa shape index (κ2) is 8.89. The molecule has 0 aromatic heterocycles. The number of benzene rings is 1. The second-order valence-corrected chi connectivity index (χ2v) is 6.43. The largest absolute Gasteiger partial charge is 0.495 e. The number of anilines is 1. The molecule has 1 fully saturated rings. The van der Waals surface area contributed by atoms with Crippen LogP contribution in [0.3, 0.4) is 0 Å². The topological polar surface area (TPSA) is 79.5 Å². The van der Waals surface area contributed by atoms with Crippen LogP contribution in [0.4, 0.5) is 5.69 Å². The van der Waals surface area contributed by atoms with Gasteiger partial charge in [0.25, 0.3) is 0 Å². The van der Waals surface area contributed by atoms with E-state index in [2.05, 4.69) is 16.0 Å². The van der Waals surface area contributed by atoms with E-state index in [0.717, 1.165) is 18.0 Å². The van der Waals surface area contributed by atoms with E-state index in [4.69, 9.17) is 16.3 Å². The number of hydrogen-bond acceptors (Lipinski definition) is 4. The molecule has 1 aliphatic rings. The summed E-state index contributed by atoms with van der Waals surface area (Å²) in [7, 11) is 1.52. The third-order valence-corrected chi connectivity index (χ3v) is 4.25. The Morgan fingerprint density at radius 1 is 1.29 bits per heavy atom. The summed E-state index contributed by atoms with van der Waals surface area (Å²) in [5, 5.41) is 9.20. The molecular weight excluding hydrogens is 330 g/mol. The van der Waals surface area contributed by atoms with Gasteiger partial charge in [-0.05, 0) is 43.9 Å². The zero-order valence-corrected chi connectivity index (χ0v) is 14.8. The van der Waals surface area contributed by atoms with Crippen LogP contribution in [-0.4, -0.2) is 38.6 Å². The number of methoxy groups -OCH3 is 1. The van der Waals surface area contributed by atoms with Crippen molar-refractivity contribution in [2.45, 2.75) is 26.2 Å². The van der Waals surface area contributed by atoms with Crippen molar-refractivity contribution >= 4 is 29.1 Å². The summed E-state index contributed by atoms with van der Waals surface area (Å²) in [4.78, 5) is 23.6. The molecule has 3 N–H and O–H groups in total. The Morgan fingerprint density at radius 3 is 2.71 bits per heavy atom. The summed E-state index contributed by atoms with van der Waals surface area (Å²) in [6.45, 7) is 3.34. The molecule has 2 rings (SSSR count). The predicted molar refractivity (Wildman–Crippen MR) is 94.6 cm³/mol. The fourth-order valence-electron chi connectivity index (χ4n) is 2.23. The lowest BCUT2D eigenvalue weighted by atomic mass is 10.2. The monoisotopic (exact) mass is 353 g/mol. The van der Waals surface area contributed by atoms with E-state index in [1.165, 1.54) is 20.0 Å². The lowest BCUT2D eigenvalue weighted by Gasteiger charge is -2.12. The summed E-state index contributed by atoms with van der Waals surface area (Å²) in [6, 6.07) is 3.43. The number of hydrogen-bond donors (Lipinski definition) is 3. The minimum absolute atomic E-state index is 0.0941. The third-order valence-electron chi connectivity index (χ3n) is 3.84. The van der Waals surface area contributed by atoms with Crippen LogP contribution >= 0.6 is 11.6 Å². The molecule has 0 spiro atoms. The first-order valence-corrected chi connectivity index (χ1v) is 8.48. The van der Waals surface area contributed by atoms with Crippen LogP contribution in [0.15, 0.2) is 12.1 Å². The molecule has 1 aliphatic carbocycles. The van der Waals surface area contributed by atoms with Gasteiger partial charge < -0.3 is 20.7 Å². The smallest absolute Gasteiger partial charge is 0.233 e. The number of nitrogens with one attached hydrogen (secondary N) is 3. The van der Waals surface area contributed by atoms with Crippen molar-refractivity contribution in [3.05, 3.63) is 22.7 Å². The lowest BCUT2D eigenvalue weighted by Crippen LogP contribution is -2.36. The van der Waals surface area contributed by atoms with Gasteiger partial charge in [0.05, 0.1) is 19.3 Å². The molecule has 0 radical (unpaired) electrons. The van der Waals surface area contributed by atoms with Gasteiger partial charge in [0.15, 0.2) is 0 Å². The molecule has 24 heavy (non-hydrogen) atoms. The van der Waals surface area contributed by atoms with Crippen LogP contribution in [0.1, 0.15) is 24.8 Å². The van der Waals surface area contributed by atoms with Crippen LogP contribution in [0.5, 0.6) is 5.75 Å². The van der Waals surface area contributed by atoms with Crippen molar-refractivity contribution in [3.8, 4) is 5.75 Å². The molecule has 0 saturated heterocycles. The maximum Gasteiger partial charge on any atom is 0.233 e. The molecular formula is C17H24ClN3O3. The van der Waals surface area contributed by atoms with Crippen LogP contribution in [-0.2, 0) is 9.59 Å². The van der Waals surface area contributed by atoms with Gasteiger partial charge >= 0.3 is 0 Å². The Labute approximate surface area is 147 Å². The van der Waals surface area contributed by atoms with Gasteiger partial charge in [0.1, 0.15) is 5.75 Å². The standard InChI is InChI=1S/C17H24ClN3O3/c1-11-7-14(15(24-2)8-13(11)18)21-16(22)5-6-20-17(23)10-19-9-12-3-4-12/h7-8,12,19H,3-6,9-10H2,1-2H3,(H,20,23)(H,21,22). The van der Waals surface area contributed by atoms with Crippen LogP contribution in [0.2, 0.25) is 5.02 Å². The van der Waals surface area contributed by atoms with Crippen molar-refractivity contribution < 1.29 is 14.3 Å². The molecule has 7 heteroatoms. The van der Waals surface area contributed by atoms with E-state index < -0.39 is 0 Å². The first-order chi connectivity index (χ1) is 11.5. The summed E-state index contributed by atoms with van der Waals surface area (Å²) >= 11 is 6.04. The van der Waals surface area contributed by atoms with Crippen molar-refractivity contribution in [2.24, 2.45) is 5.92 Å². The Morgan fingerprint density at radius 2 is 2.04 bits per heavy atom. The van der Waals surface area contributed by atoms with Gasteiger partial charge in [-0.1, -0.05) is 11.6 Å². The Hall–Kier alpha value is -1.79. The van der Waals surface area contributed by atoms with E-state index in [9.17, 15) is 9.59 Å². The van der Waals surface area contributed by atoms with Gasteiger partial charge in [-0.25, -0.2) is 0 Å². The normalized spacial score (nSPS) is 13.5. The van der Waals surface area contributed by atoms with E-state index in [1.54, 1.807) is 12.1 Å². The van der Waals surface area contributed by atoms with E-state index in [-0.39, 0.29) is 18.2 Å². The lowest BCUT2D eigenvalue weighted by molar-refractivity contribution is -0.120. The molecule has 1 aromatic carbocycles. The van der Waals surface area contributed by atoms with Gasteiger partial charge in [-0.15, -0.1) is 0 Å². The number of rotatable bonds is 9. The van der Waals surface area contributed by atoms with Crippen LogP contribution < -0.4 is 20.7 Å². The first kappa shape index (κ1) is 18.5. The van der Waals surface area contributed by atoms with Gasteiger partial charge in [-0.3, -0.25) is 9.59 Å². The SMILES string of the molecule is COc1cc(Cl)c(C)cc1NC(=O)CCNC(=O)CNCC1CC1. The molecule has 1 saturated carbocycles. The zero-order chi connectivity index (χ0) is 17.5. The summed E-state index contributed by atoms with van der Waals surface area (Å²) in [5.41, 5.74) is 1.42. The van der Waals surface area contributed by atoms with Gasteiger partial charge in [0, 0.05) is 24.1 Å². The molecule has 132 valence electrons. The second-order valence-electron chi connectivity index (χ2n) is 6.02. The number of ether oxygens (including phenoxy) is 1. The molecule has 0 bridgehead atoms. The Bertz CT molecular complexity index is 603. The fraction of sp³-hybridized carbons (Fsp3) is 0.529. The first-order valence-electron chi connectivity index (χ1n) is 8.11. The zero-order valence-electron chi connectivity index (χ0n) is 14.1. The summed E-state index contributed by atoms with van der Waals surface area (Å²) in [5.74, 6) is 0.957. The maximum atomic E-state index is 12.0. The summed E-state index contributed by atoms with van der Waals surface area (Å²) in [6.07, 6.45) is 2.70. The Balaban J connectivity index is 1.70. The van der Waals surface area contributed by atoms with Gasteiger partial charge in [-0.2, -0.15) is 0 Å². The third kappa shape index (κ3) is 6.02. The van der Waals surface area contributed by atoms with Crippen molar-refractivity contribution in [1.82, 2.24) is 10.6 Å². The highest BCUT2D eigenvalue weighted by molar-refractivity contribution is 6.31. The molecule has 1 aromatic rings. The molecule has 0 aliphatic heterocycles. The minimum atomic E-state index is -0.193. The average Bonchev–Trinajstić information content (AvgIpc) is 3.35. The number of amides is 2. The van der Waals surface area contributed by atoms with Crippen LogP contribution in [0, 0.1) is 12.8 Å². The number of halogens is 1. The Kier molecular flexibility index (Phi) is 6.87. The van der Waals surface area contributed by atoms with Crippen molar-refractivity contribution in [2.75, 3.05) is 32.1 Å². The molecule has 2 amide bonds. The highest BCUT2D eigenvalue weighted by atomic mass is 35.5. The highest BCUT2D eigenvalue weighted by Gasteiger charge is 2.20. The quantitative estimate of drug-likeness (QED) is 0.635. The predicted octanol–water partition coefficient (Wildman–Crippen LogP) is 2.10. The minimum Gasteiger partial charge on any atom is -0.495 e. The number of aryl methyl sites for hydroxylation is 1.